The van der Waals surface area contributed by atoms with Crippen molar-refractivity contribution < 1.29 is 9.90 Å². The molecule has 0 aliphatic carbocycles. The second-order valence-electron chi connectivity index (χ2n) is 6.09. The first-order chi connectivity index (χ1) is 9.79. The van der Waals surface area contributed by atoms with E-state index in [1.807, 2.05) is 13.0 Å². The summed E-state index contributed by atoms with van der Waals surface area (Å²) in [5, 5.41) is 9.97. The van der Waals surface area contributed by atoms with E-state index in [4.69, 9.17) is 5.11 Å². The highest BCUT2D eigenvalue weighted by molar-refractivity contribution is 7.12. The van der Waals surface area contributed by atoms with E-state index in [0.717, 1.165) is 22.0 Å². The smallest absolute Gasteiger partial charge is 0.308 e. The molecule has 0 unspecified atom stereocenters. The van der Waals surface area contributed by atoms with E-state index < -0.39 is 5.97 Å². The van der Waals surface area contributed by atoms with Crippen LogP contribution in [0.1, 0.15) is 40.6 Å². The summed E-state index contributed by atoms with van der Waals surface area (Å²) >= 11 is 1.53. The molecule has 0 saturated heterocycles. The molecule has 3 nitrogen and oxygen atoms in total. The van der Waals surface area contributed by atoms with Crippen molar-refractivity contribution in [1.82, 2.24) is 4.98 Å². The van der Waals surface area contributed by atoms with Crippen LogP contribution in [0.5, 0.6) is 0 Å². The van der Waals surface area contributed by atoms with Gasteiger partial charge in [0.15, 0.2) is 0 Å². The van der Waals surface area contributed by atoms with Gasteiger partial charge in [-0.1, -0.05) is 38.1 Å². The number of aryl methyl sites for hydroxylation is 2. The van der Waals surface area contributed by atoms with Crippen molar-refractivity contribution in [2.75, 3.05) is 0 Å². The Labute approximate surface area is 129 Å². The standard InChI is InChI=1S/C17H21NO2S/c1-11-7-5-6-8-13(11)10-17(3,4)16-18-12(2)14(21-16)9-15(19)20/h5-8H,9-10H2,1-4H3,(H,19,20). The summed E-state index contributed by atoms with van der Waals surface area (Å²) in [6.45, 7) is 8.35. The van der Waals surface area contributed by atoms with E-state index in [9.17, 15) is 4.79 Å². The molecule has 0 saturated carbocycles. The van der Waals surface area contributed by atoms with E-state index in [0.29, 0.717) is 0 Å². The van der Waals surface area contributed by atoms with Crippen LogP contribution in [0.15, 0.2) is 24.3 Å². The van der Waals surface area contributed by atoms with Gasteiger partial charge in [0.2, 0.25) is 0 Å². The van der Waals surface area contributed by atoms with Gasteiger partial charge in [-0.2, -0.15) is 0 Å². The SMILES string of the molecule is Cc1ccccc1CC(C)(C)c1nc(C)c(CC(=O)O)s1. The van der Waals surface area contributed by atoms with E-state index >= 15 is 0 Å². The molecule has 0 atom stereocenters. The molecule has 0 bridgehead atoms. The van der Waals surface area contributed by atoms with Gasteiger partial charge in [0.1, 0.15) is 0 Å². The number of aromatic nitrogens is 1. The summed E-state index contributed by atoms with van der Waals surface area (Å²) in [7, 11) is 0. The lowest BCUT2D eigenvalue weighted by Crippen LogP contribution is -2.20. The summed E-state index contributed by atoms with van der Waals surface area (Å²) < 4.78 is 0. The number of thiazole rings is 1. The fourth-order valence-electron chi connectivity index (χ4n) is 2.38. The van der Waals surface area contributed by atoms with Crippen molar-refractivity contribution in [1.29, 1.82) is 0 Å². The summed E-state index contributed by atoms with van der Waals surface area (Å²) in [6.07, 6.45) is 0.961. The van der Waals surface area contributed by atoms with Gasteiger partial charge in [-0.05, 0) is 31.4 Å². The van der Waals surface area contributed by atoms with Gasteiger partial charge in [-0.25, -0.2) is 4.98 Å². The maximum absolute atomic E-state index is 10.9. The molecule has 0 aliphatic heterocycles. The summed E-state index contributed by atoms with van der Waals surface area (Å²) in [6, 6.07) is 8.37. The fourth-order valence-corrected chi connectivity index (χ4v) is 3.53. The Hall–Kier alpha value is -1.68. The molecule has 2 aromatic rings. The van der Waals surface area contributed by atoms with Gasteiger partial charge in [-0.3, -0.25) is 4.79 Å². The maximum atomic E-state index is 10.9. The molecule has 0 aliphatic rings. The van der Waals surface area contributed by atoms with Gasteiger partial charge in [0, 0.05) is 10.3 Å². The number of hydrogen-bond acceptors (Lipinski definition) is 3. The van der Waals surface area contributed by atoms with Crippen LogP contribution in [0.25, 0.3) is 0 Å². The minimum atomic E-state index is -0.801. The van der Waals surface area contributed by atoms with Gasteiger partial charge < -0.3 is 5.11 Å². The third kappa shape index (κ3) is 3.70. The Bertz CT molecular complexity index is 659. The monoisotopic (exact) mass is 303 g/mol. The number of carbonyl (C=O) groups is 1. The first kappa shape index (κ1) is 15.7. The van der Waals surface area contributed by atoms with E-state index in [-0.39, 0.29) is 11.8 Å². The van der Waals surface area contributed by atoms with E-state index in [1.165, 1.54) is 22.5 Å². The van der Waals surface area contributed by atoms with Crippen LogP contribution in [-0.4, -0.2) is 16.1 Å². The van der Waals surface area contributed by atoms with Crippen molar-refractivity contribution in [3.63, 3.8) is 0 Å². The molecule has 2 rings (SSSR count). The number of benzene rings is 1. The molecule has 112 valence electrons. The second kappa shape index (κ2) is 5.98. The van der Waals surface area contributed by atoms with Gasteiger partial charge in [0.25, 0.3) is 0 Å². The van der Waals surface area contributed by atoms with Crippen LogP contribution < -0.4 is 0 Å². The molecular weight excluding hydrogens is 282 g/mol. The molecule has 21 heavy (non-hydrogen) atoms. The van der Waals surface area contributed by atoms with Crippen molar-refractivity contribution >= 4 is 17.3 Å². The maximum Gasteiger partial charge on any atom is 0.308 e. The molecule has 4 heteroatoms. The predicted octanol–water partition coefficient (Wildman–Crippen LogP) is 3.91. The molecular formula is C17H21NO2S. The molecule has 1 aromatic carbocycles. The third-order valence-corrected chi connectivity index (χ3v) is 5.20. The zero-order chi connectivity index (χ0) is 15.6. The van der Waals surface area contributed by atoms with E-state index in [2.05, 4.69) is 44.0 Å². The number of carboxylic acid groups (broad SMARTS) is 1. The van der Waals surface area contributed by atoms with Crippen LogP contribution in [0.3, 0.4) is 0 Å². The first-order valence-corrected chi connectivity index (χ1v) is 7.84. The lowest BCUT2D eigenvalue weighted by atomic mass is 9.85. The lowest BCUT2D eigenvalue weighted by Gasteiger charge is -2.23. The Balaban J connectivity index is 2.27. The molecule has 1 aromatic heterocycles. The molecule has 1 N–H and O–H groups in total. The summed E-state index contributed by atoms with van der Waals surface area (Å²) in [5.41, 5.74) is 3.34. The Kier molecular flexibility index (Phi) is 4.47. The Morgan fingerprint density at radius 1 is 1.29 bits per heavy atom. The first-order valence-electron chi connectivity index (χ1n) is 7.02. The normalized spacial score (nSPS) is 11.6. The van der Waals surface area contributed by atoms with E-state index in [1.54, 1.807) is 0 Å². The van der Waals surface area contributed by atoms with Crippen LogP contribution in [0.4, 0.5) is 0 Å². The summed E-state index contributed by atoms with van der Waals surface area (Å²) in [4.78, 5) is 16.4. The number of carboxylic acids is 1. The fraction of sp³-hybridized carbons (Fsp3) is 0.412. The average Bonchev–Trinajstić information content (AvgIpc) is 2.74. The number of rotatable bonds is 5. The molecule has 1 heterocycles. The van der Waals surface area contributed by atoms with Crippen LogP contribution in [-0.2, 0) is 23.1 Å². The van der Waals surface area contributed by atoms with Crippen molar-refractivity contribution in [3.8, 4) is 0 Å². The number of hydrogen-bond donors (Lipinski definition) is 1. The zero-order valence-electron chi connectivity index (χ0n) is 12.9. The zero-order valence-corrected chi connectivity index (χ0v) is 13.8. The second-order valence-corrected chi connectivity index (χ2v) is 7.17. The van der Waals surface area contributed by atoms with Crippen molar-refractivity contribution in [2.24, 2.45) is 0 Å². The highest BCUT2D eigenvalue weighted by atomic mass is 32.1. The van der Waals surface area contributed by atoms with Gasteiger partial charge in [0.05, 0.1) is 17.1 Å². The van der Waals surface area contributed by atoms with Crippen LogP contribution in [0, 0.1) is 13.8 Å². The van der Waals surface area contributed by atoms with Gasteiger partial charge >= 0.3 is 5.97 Å². The number of nitrogens with zero attached hydrogens (tertiary/aromatic N) is 1. The largest absolute Gasteiger partial charge is 0.481 e. The molecule has 0 amide bonds. The van der Waals surface area contributed by atoms with Gasteiger partial charge in [-0.15, -0.1) is 11.3 Å². The lowest BCUT2D eigenvalue weighted by molar-refractivity contribution is -0.136. The predicted molar refractivity (Wildman–Crippen MR) is 86.1 cm³/mol. The van der Waals surface area contributed by atoms with Crippen LogP contribution in [0.2, 0.25) is 0 Å². The topological polar surface area (TPSA) is 50.2 Å². The minimum absolute atomic E-state index is 0.0595. The average molecular weight is 303 g/mol. The van der Waals surface area contributed by atoms with Crippen molar-refractivity contribution in [2.45, 2.75) is 46.0 Å². The highest BCUT2D eigenvalue weighted by Crippen LogP contribution is 2.33. The number of aliphatic carboxylic acids is 1. The molecule has 0 fully saturated rings. The van der Waals surface area contributed by atoms with Crippen molar-refractivity contribution in [3.05, 3.63) is 51.0 Å². The Morgan fingerprint density at radius 3 is 2.57 bits per heavy atom. The highest BCUT2D eigenvalue weighted by Gasteiger charge is 2.27. The molecule has 0 radical (unpaired) electrons. The molecule has 0 spiro atoms. The quantitative estimate of drug-likeness (QED) is 0.911. The minimum Gasteiger partial charge on any atom is -0.481 e. The Morgan fingerprint density at radius 2 is 1.95 bits per heavy atom. The van der Waals surface area contributed by atoms with Crippen LogP contribution >= 0.6 is 11.3 Å². The summed E-state index contributed by atoms with van der Waals surface area (Å²) in [5.74, 6) is -0.801. The third-order valence-electron chi connectivity index (χ3n) is 3.68.